The fraction of sp³-hybridized carbons (Fsp3) is 0.435. The number of benzene rings is 2. The van der Waals surface area contributed by atoms with E-state index in [1.54, 1.807) is 13.2 Å². The van der Waals surface area contributed by atoms with E-state index in [1.165, 1.54) is 0 Å². The maximum absolute atomic E-state index is 13.6. The van der Waals surface area contributed by atoms with Crippen molar-refractivity contribution >= 4 is 21.7 Å². The van der Waals surface area contributed by atoms with E-state index in [0.29, 0.717) is 36.5 Å². The second kappa shape index (κ2) is 10.6. The van der Waals surface area contributed by atoms with E-state index in [4.69, 9.17) is 9.47 Å². The molecule has 0 saturated heterocycles. The largest absolute Gasteiger partial charge is 0.493 e. The zero-order valence-electron chi connectivity index (χ0n) is 17.2. The van der Waals surface area contributed by atoms with Crippen LogP contribution in [0.4, 0.5) is 0 Å². The standard InChI is InChI=1S/C23H30BrNO3/c1-5-23(25(2)3,17-18-10-7-6-8-11-18)22(26)19-12-13-20(21(16-19)27-4)28-15-9-14-24/h6-8,10-13,16H,5,9,14-15,17H2,1-4H3. The predicted octanol–water partition coefficient (Wildman–Crippen LogP) is 4.99. The van der Waals surface area contributed by atoms with Gasteiger partial charge in [-0.15, -0.1) is 0 Å². The lowest BCUT2D eigenvalue weighted by atomic mass is 9.80. The van der Waals surface area contributed by atoms with Gasteiger partial charge in [0.05, 0.1) is 19.3 Å². The molecule has 0 aliphatic heterocycles. The molecule has 2 aromatic carbocycles. The van der Waals surface area contributed by atoms with E-state index in [-0.39, 0.29) is 5.78 Å². The van der Waals surface area contributed by atoms with Gasteiger partial charge in [0.15, 0.2) is 17.3 Å². The Balaban J connectivity index is 2.35. The van der Waals surface area contributed by atoms with Gasteiger partial charge in [-0.05, 0) is 57.1 Å². The molecule has 0 spiro atoms. The Hall–Kier alpha value is -1.85. The molecule has 28 heavy (non-hydrogen) atoms. The van der Waals surface area contributed by atoms with Crippen molar-refractivity contribution in [1.82, 2.24) is 4.90 Å². The lowest BCUT2D eigenvalue weighted by Crippen LogP contribution is -2.52. The average Bonchev–Trinajstić information content (AvgIpc) is 2.72. The van der Waals surface area contributed by atoms with Gasteiger partial charge >= 0.3 is 0 Å². The molecule has 0 aliphatic rings. The third-order valence-electron chi connectivity index (χ3n) is 5.16. The highest BCUT2D eigenvalue weighted by atomic mass is 79.9. The molecule has 0 bridgehead atoms. The summed E-state index contributed by atoms with van der Waals surface area (Å²) in [6, 6.07) is 15.6. The van der Waals surface area contributed by atoms with Crippen LogP contribution in [0.2, 0.25) is 0 Å². The van der Waals surface area contributed by atoms with E-state index in [9.17, 15) is 4.79 Å². The molecule has 2 aromatic rings. The van der Waals surface area contributed by atoms with Gasteiger partial charge in [-0.3, -0.25) is 9.69 Å². The van der Waals surface area contributed by atoms with E-state index in [2.05, 4.69) is 35.0 Å². The Morgan fingerprint density at radius 1 is 1.11 bits per heavy atom. The first-order valence-corrected chi connectivity index (χ1v) is 10.7. The fourth-order valence-electron chi connectivity index (χ4n) is 3.41. The van der Waals surface area contributed by atoms with Crippen molar-refractivity contribution in [3.63, 3.8) is 0 Å². The molecule has 5 heteroatoms. The molecular weight excluding hydrogens is 418 g/mol. The maximum Gasteiger partial charge on any atom is 0.183 e. The van der Waals surface area contributed by atoms with Crippen molar-refractivity contribution in [2.45, 2.75) is 31.7 Å². The van der Waals surface area contributed by atoms with Crippen LogP contribution in [0.15, 0.2) is 48.5 Å². The third kappa shape index (κ3) is 5.15. The van der Waals surface area contributed by atoms with Gasteiger partial charge in [-0.1, -0.05) is 53.2 Å². The molecule has 2 rings (SSSR count). The molecule has 0 saturated carbocycles. The Labute approximate surface area is 177 Å². The highest BCUT2D eigenvalue weighted by Gasteiger charge is 2.39. The summed E-state index contributed by atoms with van der Waals surface area (Å²) >= 11 is 3.40. The van der Waals surface area contributed by atoms with Crippen LogP contribution in [0.3, 0.4) is 0 Å². The first-order chi connectivity index (χ1) is 13.5. The Kier molecular flexibility index (Phi) is 8.52. The third-order valence-corrected chi connectivity index (χ3v) is 5.73. The summed E-state index contributed by atoms with van der Waals surface area (Å²) in [6.45, 7) is 2.66. The number of hydrogen-bond acceptors (Lipinski definition) is 4. The van der Waals surface area contributed by atoms with Crippen molar-refractivity contribution in [2.75, 3.05) is 33.1 Å². The van der Waals surface area contributed by atoms with Crippen LogP contribution in [0.5, 0.6) is 11.5 Å². The number of ether oxygens (including phenoxy) is 2. The van der Waals surface area contributed by atoms with Crippen LogP contribution >= 0.6 is 15.9 Å². The second-order valence-corrected chi connectivity index (χ2v) is 7.82. The molecule has 0 N–H and O–H groups in total. The van der Waals surface area contributed by atoms with Crippen LogP contribution in [-0.4, -0.2) is 49.4 Å². The average molecular weight is 448 g/mol. The Bertz CT molecular complexity index is 764. The van der Waals surface area contributed by atoms with Crippen molar-refractivity contribution in [2.24, 2.45) is 0 Å². The summed E-state index contributed by atoms with van der Waals surface area (Å²) in [5, 5.41) is 0.882. The number of halogens is 1. The number of Topliss-reactive ketones (excluding diaryl/α,β-unsaturated/α-hetero) is 1. The summed E-state index contributed by atoms with van der Waals surface area (Å²) in [5.74, 6) is 1.34. The number of likely N-dealkylation sites (N-methyl/N-ethyl adjacent to an activating group) is 1. The Morgan fingerprint density at radius 3 is 2.39 bits per heavy atom. The maximum atomic E-state index is 13.6. The van der Waals surface area contributed by atoms with Crippen molar-refractivity contribution in [1.29, 1.82) is 0 Å². The quantitative estimate of drug-likeness (QED) is 0.276. The summed E-state index contributed by atoms with van der Waals surface area (Å²) < 4.78 is 11.3. The van der Waals surface area contributed by atoms with Crippen molar-refractivity contribution in [3.05, 3.63) is 59.7 Å². The zero-order chi connectivity index (χ0) is 20.6. The van der Waals surface area contributed by atoms with Crippen LogP contribution in [-0.2, 0) is 6.42 Å². The summed E-state index contributed by atoms with van der Waals surface area (Å²) in [7, 11) is 5.54. The minimum absolute atomic E-state index is 0.0918. The number of hydrogen-bond donors (Lipinski definition) is 0. The van der Waals surface area contributed by atoms with E-state index in [0.717, 1.165) is 17.3 Å². The van der Waals surface area contributed by atoms with E-state index < -0.39 is 5.54 Å². The molecule has 0 heterocycles. The normalized spacial score (nSPS) is 13.2. The van der Waals surface area contributed by atoms with Crippen LogP contribution in [0.25, 0.3) is 0 Å². The highest BCUT2D eigenvalue weighted by molar-refractivity contribution is 9.09. The van der Waals surface area contributed by atoms with Crippen molar-refractivity contribution < 1.29 is 14.3 Å². The van der Waals surface area contributed by atoms with Crippen molar-refractivity contribution in [3.8, 4) is 11.5 Å². The molecule has 1 unspecified atom stereocenters. The van der Waals surface area contributed by atoms with E-state index >= 15 is 0 Å². The number of carbonyl (C=O) groups excluding carboxylic acids is 1. The molecule has 152 valence electrons. The van der Waals surface area contributed by atoms with Gasteiger partial charge in [0, 0.05) is 10.9 Å². The molecular formula is C23H30BrNO3. The Morgan fingerprint density at radius 2 is 1.82 bits per heavy atom. The highest BCUT2D eigenvalue weighted by Crippen LogP contribution is 2.33. The van der Waals surface area contributed by atoms with E-state index in [1.807, 2.05) is 49.3 Å². The monoisotopic (exact) mass is 447 g/mol. The zero-order valence-corrected chi connectivity index (χ0v) is 18.8. The number of ketones is 1. The number of methoxy groups -OCH3 is 1. The summed E-state index contributed by atoms with van der Waals surface area (Å²) in [5.41, 5.74) is 1.16. The number of carbonyl (C=O) groups is 1. The topological polar surface area (TPSA) is 38.8 Å². The van der Waals surface area contributed by atoms with Crippen LogP contribution in [0, 0.1) is 0 Å². The molecule has 0 amide bonds. The lowest BCUT2D eigenvalue weighted by Gasteiger charge is -2.38. The first-order valence-electron chi connectivity index (χ1n) is 9.61. The summed E-state index contributed by atoms with van der Waals surface area (Å²) in [4.78, 5) is 15.7. The van der Waals surface area contributed by atoms with Gasteiger partial charge in [0.2, 0.25) is 0 Å². The molecule has 1 atom stereocenters. The first kappa shape index (κ1) is 22.4. The lowest BCUT2D eigenvalue weighted by molar-refractivity contribution is 0.0666. The molecule has 0 fully saturated rings. The van der Waals surface area contributed by atoms with Crippen LogP contribution < -0.4 is 9.47 Å². The molecule has 4 nitrogen and oxygen atoms in total. The van der Waals surface area contributed by atoms with Gasteiger partial charge in [0.1, 0.15) is 0 Å². The fourth-order valence-corrected chi connectivity index (χ4v) is 3.64. The molecule has 0 aliphatic carbocycles. The second-order valence-electron chi connectivity index (χ2n) is 7.03. The minimum Gasteiger partial charge on any atom is -0.493 e. The minimum atomic E-state index is -0.620. The number of rotatable bonds is 11. The van der Waals surface area contributed by atoms with Gasteiger partial charge in [0.25, 0.3) is 0 Å². The van der Waals surface area contributed by atoms with Crippen LogP contribution in [0.1, 0.15) is 35.7 Å². The number of nitrogens with zero attached hydrogens (tertiary/aromatic N) is 1. The van der Waals surface area contributed by atoms with Gasteiger partial charge in [-0.25, -0.2) is 0 Å². The van der Waals surface area contributed by atoms with Gasteiger partial charge in [-0.2, -0.15) is 0 Å². The summed E-state index contributed by atoms with van der Waals surface area (Å²) in [6.07, 6.45) is 2.27. The smallest absolute Gasteiger partial charge is 0.183 e. The number of alkyl halides is 1. The molecule has 0 aromatic heterocycles. The molecule has 0 radical (unpaired) electrons. The SMILES string of the molecule is CCC(Cc1ccccc1)(C(=O)c1ccc(OCCCBr)c(OC)c1)N(C)C. The van der Waals surface area contributed by atoms with Gasteiger partial charge < -0.3 is 9.47 Å². The predicted molar refractivity (Wildman–Crippen MR) is 118 cm³/mol.